The number of hydrogen-bond donors (Lipinski definition) is 0. The quantitative estimate of drug-likeness (QED) is 0.750. The van der Waals surface area contributed by atoms with Crippen LogP contribution in [-0.4, -0.2) is 41.8 Å². The van der Waals surface area contributed by atoms with E-state index in [1.807, 2.05) is 29.2 Å². The highest BCUT2D eigenvalue weighted by Crippen LogP contribution is 2.26. The summed E-state index contributed by atoms with van der Waals surface area (Å²) in [7, 11) is 1.57. The fourth-order valence-electron chi connectivity index (χ4n) is 3.44. The van der Waals surface area contributed by atoms with E-state index in [0.29, 0.717) is 30.7 Å². The molecule has 1 saturated heterocycles. The van der Waals surface area contributed by atoms with Crippen molar-refractivity contribution >= 4 is 11.7 Å². The Labute approximate surface area is 154 Å². The van der Waals surface area contributed by atoms with Gasteiger partial charge in [-0.1, -0.05) is 12.1 Å². The number of carbonyl (C=O) groups is 2. The van der Waals surface area contributed by atoms with Crippen LogP contribution in [0.25, 0.3) is 0 Å². The average Bonchev–Trinajstić information content (AvgIpc) is 2.72. The second-order valence-corrected chi connectivity index (χ2v) is 6.60. The molecule has 1 aliphatic rings. The minimum absolute atomic E-state index is 0.0640. The minimum Gasteiger partial charge on any atom is -0.496 e. The molecule has 1 aliphatic heterocycles. The van der Waals surface area contributed by atoms with E-state index >= 15 is 0 Å². The van der Waals surface area contributed by atoms with E-state index in [4.69, 9.17) is 4.74 Å². The van der Waals surface area contributed by atoms with Crippen LogP contribution in [0.4, 0.5) is 0 Å². The number of para-hydroxylation sites is 1. The van der Waals surface area contributed by atoms with Crippen LogP contribution >= 0.6 is 0 Å². The lowest BCUT2D eigenvalue weighted by Crippen LogP contribution is -2.42. The largest absolute Gasteiger partial charge is 0.496 e. The van der Waals surface area contributed by atoms with Crippen molar-refractivity contribution in [2.45, 2.75) is 25.7 Å². The number of piperidine rings is 1. The number of likely N-dealkylation sites (tertiary alicyclic amines) is 1. The third-order valence-electron chi connectivity index (χ3n) is 4.89. The predicted octanol–water partition coefficient (Wildman–Crippen LogP) is 3.14. The first-order chi connectivity index (χ1) is 12.7. The first-order valence-electron chi connectivity index (χ1n) is 9.03. The summed E-state index contributed by atoms with van der Waals surface area (Å²) < 4.78 is 5.31. The summed E-state index contributed by atoms with van der Waals surface area (Å²) in [5.74, 6) is 0.608. The van der Waals surface area contributed by atoms with Gasteiger partial charge in [-0.05, 0) is 49.1 Å². The molecule has 26 heavy (non-hydrogen) atoms. The van der Waals surface area contributed by atoms with E-state index in [1.165, 1.54) is 0 Å². The van der Waals surface area contributed by atoms with E-state index in [0.717, 1.165) is 24.9 Å². The van der Waals surface area contributed by atoms with Crippen LogP contribution in [0, 0.1) is 5.92 Å². The van der Waals surface area contributed by atoms with Crippen molar-refractivity contribution in [3.63, 3.8) is 0 Å². The fourth-order valence-corrected chi connectivity index (χ4v) is 3.44. The van der Waals surface area contributed by atoms with Crippen LogP contribution in [-0.2, 0) is 11.2 Å². The lowest BCUT2D eigenvalue weighted by atomic mass is 9.89. The predicted molar refractivity (Wildman–Crippen MR) is 99.2 cm³/mol. The maximum absolute atomic E-state index is 12.9. The molecule has 1 amide bonds. The molecule has 2 aromatic rings. The lowest BCUT2D eigenvalue weighted by Gasteiger charge is -2.32. The first kappa shape index (κ1) is 18.1. The Kier molecular flexibility index (Phi) is 6.00. The van der Waals surface area contributed by atoms with Crippen LogP contribution in [0.2, 0.25) is 0 Å². The summed E-state index contributed by atoms with van der Waals surface area (Å²) in [4.78, 5) is 31.3. The Balaban J connectivity index is 1.61. The number of ketones is 1. The molecule has 0 spiro atoms. The molecule has 3 rings (SSSR count). The molecule has 136 valence electrons. The summed E-state index contributed by atoms with van der Waals surface area (Å²) >= 11 is 0. The zero-order valence-electron chi connectivity index (χ0n) is 15.1. The number of aryl methyl sites for hydroxylation is 1. The summed E-state index contributed by atoms with van der Waals surface area (Å²) in [6.07, 6.45) is 6.30. The Morgan fingerprint density at radius 2 is 1.96 bits per heavy atom. The molecule has 0 bridgehead atoms. The van der Waals surface area contributed by atoms with E-state index in [1.54, 1.807) is 31.6 Å². The second kappa shape index (κ2) is 8.61. The van der Waals surface area contributed by atoms with Crippen molar-refractivity contribution in [2.75, 3.05) is 20.2 Å². The number of carbonyl (C=O) groups excluding carboxylic acids is 2. The molecular weight excluding hydrogens is 328 g/mol. The minimum atomic E-state index is -0.162. The number of pyridine rings is 1. The summed E-state index contributed by atoms with van der Waals surface area (Å²) in [5.41, 5.74) is 1.71. The molecule has 0 N–H and O–H groups in total. The van der Waals surface area contributed by atoms with Gasteiger partial charge in [0.2, 0.25) is 5.91 Å². The van der Waals surface area contributed by atoms with E-state index in [-0.39, 0.29) is 17.6 Å². The molecule has 5 heteroatoms. The van der Waals surface area contributed by atoms with E-state index in [9.17, 15) is 9.59 Å². The highest BCUT2D eigenvalue weighted by Gasteiger charge is 2.30. The number of rotatable bonds is 6. The van der Waals surface area contributed by atoms with Crippen molar-refractivity contribution in [3.8, 4) is 5.75 Å². The summed E-state index contributed by atoms with van der Waals surface area (Å²) in [6, 6.07) is 11.1. The number of aromatic nitrogens is 1. The molecule has 0 radical (unpaired) electrons. The second-order valence-electron chi connectivity index (χ2n) is 6.60. The summed E-state index contributed by atoms with van der Waals surface area (Å²) in [6.45, 7) is 1.22. The number of benzene rings is 1. The Morgan fingerprint density at radius 1 is 1.19 bits per heavy atom. The van der Waals surface area contributed by atoms with Crippen LogP contribution in [0.1, 0.15) is 35.2 Å². The molecule has 2 heterocycles. The van der Waals surface area contributed by atoms with Crippen LogP contribution in [0.15, 0.2) is 48.8 Å². The average molecular weight is 352 g/mol. The molecule has 1 atom stereocenters. The third-order valence-corrected chi connectivity index (χ3v) is 4.89. The van der Waals surface area contributed by atoms with Gasteiger partial charge in [0, 0.05) is 37.8 Å². The molecule has 0 saturated carbocycles. The smallest absolute Gasteiger partial charge is 0.222 e. The molecule has 0 unspecified atom stereocenters. The number of methoxy groups -OCH3 is 1. The van der Waals surface area contributed by atoms with Gasteiger partial charge < -0.3 is 9.64 Å². The highest BCUT2D eigenvalue weighted by atomic mass is 16.5. The number of ether oxygens (including phenoxy) is 1. The van der Waals surface area contributed by atoms with Crippen LogP contribution in [0.5, 0.6) is 5.75 Å². The van der Waals surface area contributed by atoms with Gasteiger partial charge in [-0.2, -0.15) is 0 Å². The third kappa shape index (κ3) is 4.28. The molecule has 0 aliphatic carbocycles. The van der Waals surface area contributed by atoms with E-state index < -0.39 is 0 Å². The van der Waals surface area contributed by atoms with Crippen molar-refractivity contribution < 1.29 is 14.3 Å². The zero-order chi connectivity index (χ0) is 18.4. The maximum Gasteiger partial charge on any atom is 0.222 e. The van der Waals surface area contributed by atoms with Crippen molar-refractivity contribution in [3.05, 3.63) is 59.9 Å². The van der Waals surface area contributed by atoms with Crippen LogP contribution in [0.3, 0.4) is 0 Å². The van der Waals surface area contributed by atoms with Gasteiger partial charge in [0.25, 0.3) is 0 Å². The topological polar surface area (TPSA) is 59.5 Å². The number of Topliss-reactive ketones (excluding diaryl/α,β-unsaturated/α-hetero) is 1. The van der Waals surface area contributed by atoms with Gasteiger partial charge in [-0.25, -0.2) is 0 Å². The number of amides is 1. The SMILES string of the molecule is COc1ccccc1C(=O)[C@H]1CCCN(C(=O)CCc2ccncc2)C1. The lowest BCUT2D eigenvalue weighted by molar-refractivity contribution is -0.132. The highest BCUT2D eigenvalue weighted by molar-refractivity contribution is 6.00. The van der Waals surface area contributed by atoms with Gasteiger partial charge in [-0.15, -0.1) is 0 Å². The molecule has 1 aromatic heterocycles. The van der Waals surface area contributed by atoms with Gasteiger partial charge in [0.15, 0.2) is 5.78 Å². The molecular formula is C21H24N2O3. The summed E-state index contributed by atoms with van der Waals surface area (Å²) in [5, 5.41) is 0. The zero-order valence-corrected chi connectivity index (χ0v) is 15.1. The van der Waals surface area contributed by atoms with Crippen molar-refractivity contribution in [1.29, 1.82) is 0 Å². The maximum atomic E-state index is 12.9. The normalized spacial score (nSPS) is 17.0. The molecule has 5 nitrogen and oxygen atoms in total. The van der Waals surface area contributed by atoms with Gasteiger partial charge in [-0.3, -0.25) is 14.6 Å². The number of nitrogens with zero attached hydrogens (tertiary/aromatic N) is 2. The van der Waals surface area contributed by atoms with Crippen molar-refractivity contribution in [2.24, 2.45) is 5.92 Å². The first-order valence-corrected chi connectivity index (χ1v) is 9.03. The fraction of sp³-hybridized carbons (Fsp3) is 0.381. The monoisotopic (exact) mass is 352 g/mol. The standard InChI is InChI=1S/C21H24N2O3/c1-26-19-7-3-2-6-18(19)21(25)17-5-4-14-23(15-17)20(24)9-8-16-10-12-22-13-11-16/h2-3,6-7,10-13,17H,4-5,8-9,14-15H2,1H3/t17-/m0/s1. The van der Waals surface area contributed by atoms with E-state index in [2.05, 4.69) is 4.98 Å². The van der Waals surface area contributed by atoms with Crippen LogP contribution < -0.4 is 4.74 Å². The van der Waals surface area contributed by atoms with Gasteiger partial charge >= 0.3 is 0 Å². The van der Waals surface area contributed by atoms with Gasteiger partial charge in [0.1, 0.15) is 5.75 Å². The number of hydrogen-bond acceptors (Lipinski definition) is 4. The van der Waals surface area contributed by atoms with Crippen molar-refractivity contribution in [1.82, 2.24) is 9.88 Å². The molecule has 1 aromatic carbocycles. The molecule has 1 fully saturated rings. The Morgan fingerprint density at radius 3 is 2.73 bits per heavy atom. The Hall–Kier alpha value is -2.69. The Bertz CT molecular complexity index is 761. The van der Waals surface area contributed by atoms with Gasteiger partial charge in [0.05, 0.1) is 12.7 Å².